The van der Waals surface area contributed by atoms with Crippen molar-refractivity contribution in [3.05, 3.63) is 12.2 Å². The highest BCUT2D eigenvalue weighted by Gasteiger charge is 2.58. The third-order valence-corrected chi connectivity index (χ3v) is 16.6. The third-order valence-electron chi connectivity index (χ3n) is 11.8. The number of hydrogen-bond donors (Lipinski definition) is 8. The van der Waals surface area contributed by atoms with Crippen LogP contribution in [0.4, 0.5) is 0 Å². The Labute approximate surface area is 419 Å². The topological polar surface area (TPSA) is 302 Å². The predicted octanol–water partition coefficient (Wildman–Crippen LogP) is 10.3. The second-order valence-corrected chi connectivity index (χ2v) is 23.7. The third kappa shape index (κ3) is 38.6. The van der Waals surface area contributed by atoms with Crippen LogP contribution in [0.3, 0.4) is 0 Å². The Hall–Kier alpha value is -2.01. The van der Waals surface area contributed by atoms with Gasteiger partial charge >= 0.3 is 35.0 Å². The van der Waals surface area contributed by atoms with E-state index in [1.54, 1.807) is 0 Å². The Kier molecular flexibility index (Phi) is 41.1. The molecule has 0 aliphatic heterocycles. The summed E-state index contributed by atoms with van der Waals surface area (Å²) in [5.74, 6) is -2.02. The number of carbonyl (C=O) groups is 4. The highest BCUT2D eigenvalue weighted by Crippen LogP contribution is 2.69. The minimum atomic E-state index is -5.59. The molecule has 0 heterocycles. The maximum absolute atomic E-state index is 12.8. The van der Waals surface area contributed by atoms with Gasteiger partial charge in [0.15, 0.2) is 6.10 Å². The monoisotopic (exact) mass is 1060 g/mol. The molecule has 0 rings (SSSR count). The molecule has 0 aliphatic carbocycles. The zero-order valence-corrected chi connectivity index (χ0v) is 45.3. The van der Waals surface area contributed by atoms with E-state index >= 15 is 0 Å². The molecule has 22 heteroatoms. The van der Waals surface area contributed by atoms with E-state index in [0.717, 1.165) is 44.6 Å². The molecule has 0 aromatic rings. The van der Waals surface area contributed by atoms with Crippen molar-refractivity contribution in [2.24, 2.45) is 0 Å². The molecule has 70 heavy (non-hydrogen) atoms. The van der Waals surface area contributed by atoms with Crippen LogP contribution >= 0.6 is 23.0 Å². The number of unbranched alkanes of at least 4 members (excludes halogenated alkanes) is 25. The van der Waals surface area contributed by atoms with E-state index in [-0.39, 0.29) is 45.4 Å². The van der Waals surface area contributed by atoms with Crippen molar-refractivity contribution in [2.45, 2.75) is 237 Å². The molecule has 0 aliphatic rings. The molecule has 19 nitrogen and oxygen atoms in total. The van der Waals surface area contributed by atoms with Crippen molar-refractivity contribution in [2.75, 3.05) is 32.9 Å². The van der Waals surface area contributed by atoms with Crippen molar-refractivity contribution in [3.8, 4) is 0 Å². The molecule has 0 aromatic carbocycles. The average Bonchev–Trinajstić information content (AvgIpc) is 3.29. The fourth-order valence-electron chi connectivity index (χ4n) is 7.48. The lowest BCUT2D eigenvalue weighted by Crippen LogP contribution is -2.31. The van der Waals surface area contributed by atoms with Crippen molar-refractivity contribution in [1.29, 1.82) is 0 Å². The first-order valence-corrected chi connectivity index (χ1v) is 31.0. The number of aliphatic hydroxyl groups is 1. The van der Waals surface area contributed by atoms with Crippen LogP contribution in [0.15, 0.2) is 12.2 Å². The van der Waals surface area contributed by atoms with Crippen LogP contribution in [0.2, 0.25) is 0 Å². The zero-order valence-electron chi connectivity index (χ0n) is 42.6. The number of rotatable bonds is 49. The largest absolute Gasteiger partial charge is 0.472 e. The molecule has 0 bridgehead atoms. The molecule has 2 atom stereocenters. The van der Waals surface area contributed by atoms with E-state index in [1.807, 2.05) is 0 Å². The van der Waals surface area contributed by atoms with E-state index in [0.29, 0.717) is 25.7 Å². The minimum Gasteiger partial charge on any atom is -0.462 e. The lowest BCUT2D eigenvalue weighted by molar-refractivity contribution is -0.161. The standard InChI is InChI=1S/C48H93N2O17P3/c1-3-5-7-9-11-13-15-17-19-21-23-25-30-35-46(53)64-41-43(67-47(54)36-31-26-24-22-20-18-16-14-12-10-8-6-4-2)42-66-70(62,63)65-40-39-50-45(52)34-29-27-28-33-44(51)49-38-32-37-48(55,68(56,57)58)69(59,60)61/h28,33,43,55H,3-27,29-32,34-42H2,1-2H3,(H,49,51)(H,50,52)(H,62,63)(H2,56,57,58)(H2,59,60,61)/b33-28+. The molecule has 8 N–H and O–H groups in total. The van der Waals surface area contributed by atoms with Crippen LogP contribution < -0.4 is 10.6 Å². The number of hydrogen-bond acceptors (Lipinski definition) is 12. The van der Waals surface area contributed by atoms with Gasteiger partial charge in [-0.3, -0.25) is 37.4 Å². The van der Waals surface area contributed by atoms with Crippen molar-refractivity contribution in [1.82, 2.24) is 10.6 Å². The summed E-state index contributed by atoms with van der Waals surface area (Å²) in [4.78, 5) is 96.6. The Morgan fingerprint density at radius 2 is 0.971 bits per heavy atom. The number of amides is 2. The molecule has 0 saturated heterocycles. The molecule has 2 unspecified atom stereocenters. The normalized spacial score (nSPS) is 13.5. The van der Waals surface area contributed by atoms with Gasteiger partial charge in [-0.1, -0.05) is 174 Å². The number of allylic oxidation sites excluding steroid dienone is 1. The van der Waals surface area contributed by atoms with Crippen molar-refractivity contribution >= 4 is 46.8 Å². The first kappa shape index (κ1) is 68.0. The Bertz CT molecular complexity index is 1540. The van der Waals surface area contributed by atoms with Gasteiger partial charge < -0.3 is 49.7 Å². The first-order valence-electron chi connectivity index (χ1n) is 26.3. The summed E-state index contributed by atoms with van der Waals surface area (Å²) in [5, 5.41) is 11.2. The molecule has 0 radical (unpaired) electrons. The highest BCUT2D eigenvalue weighted by atomic mass is 31.2. The molecule has 0 saturated carbocycles. The maximum Gasteiger partial charge on any atom is 0.472 e. The van der Waals surface area contributed by atoms with Gasteiger partial charge in [0, 0.05) is 38.8 Å². The number of nitrogens with one attached hydrogen (secondary N) is 2. The second-order valence-electron chi connectivity index (χ2n) is 18.3. The second kappa shape index (κ2) is 42.4. The summed E-state index contributed by atoms with van der Waals surface area (Å²) < 4.78 is 56.6. The Morgan fingerprint density at radius 1 is 0.529 bits per heavy atom. The molecule has 0 spiro atoms. The first-order chi connectivity index (χ1) is 33.3. The summed E-state index contributed by atoms with van der Waals surface area (Å²) >= 11 is 0. The van der Waals surface area contributed by atoms with Crippen molar-refractivity contribution in [3.63, 3.8) is 0 Å². The van der Waals surface area contributed by atoms with Gasteiger partial charge in [-0.25, -0.2) is 4.57 Å². The van der Waals surface area contributed by atoms with Gasteiger partial charge in [-0.15, -0.1) is 0 Å². The summed E-state index contributed by atoms with van der Waals surface area (Å²) in [6, 6.07) is 0. The van der Waals surface area contributed by atoms with Gasteiger partial charge in [0.05, 0.1) is 13.2 Å². The fraction of sp³-hybridized carbons (Fsp3) is 0.875. The van der Waals surface area contributed by atoms with Crippen LogP contribution in [-0.4, -0.2) is 97.4 Å². The molecule has 0 fully saturated rings. The van der Waals surface area contributed by atoms with Crippen LogP contribution in [0.1, 0.15) is 226 Å². The fourth-order valence-corrected chi connectivity index (χ4v) is 10.5. The van der Waals surface area contributed by atoms with Crippen LogP contribution in [0, 0.1) is 0 Å². The summed E-state index contributed by atoms with van der Waals surface area (Å²) in [6.45, 7) is 2.74. The average molecular weight is 1060 g/mol. The smallest absolute Gasteiger partial charge is 0.462 e. The Balaban J connectivity index is 4.69. The van der Waals surface area contributed by atoms with Crippen LogP contribution in [0.25, 0.3) is 0 Å². The van der Waals surface area contributed by atoms with E-state index in [2.05, 4.69) is 24.5 Å². The molecular weight excluding hydrogens is 969 g/mol. The SMILES string of the molecule is CCCCCCCCCCCCCCCC(=O)OCC(COP(=O)(O)OCCNC(=O)CCC/C=C/C(=O)NCCCC(O)(P(=O)(O)O)P(=O)(O)O)OC(=O)CCCCCCCCCCCCCCC. The summed E-state index contributed by atoms with van der Waals surface area (Å²) in [7, 11) is -15.9. The van der Waals surface area contributed by atoms with Gasteiger partial charge in [0.2, 0.25) is 11.8 Å². The predicted molar refractivity (Wildman–Crippen MR) is 270 cm³/mol. The van der Waals surface area contributed by atoms with E-state index in [9.17, 15) is 62.4 Å². The van der Waals surface area contributed by atoms with Gasteiger partial charge in [0.25, 0.3) is 5.08 Å². The zero-order chi connectivity index (χ0) is 52.4. The van der Waals surface area contributed by atoms with Crippen LogP contribution in [0.5, 0.6) is 0 Å². The maximum atomic E-state index is 12.8. The molecular formula is C48H93N2O17P3. The number of carbonyl (C=O) groups excluding carboxylic acids is 4. The lowest BCUT2D eigenvalue weighted by Gasteiger charge is -2.29. The quantitative estimate of drug-likeness (QED) is 0.0122. The van der Waals surface area contributed by atoms with Crippen LogP contribution in [-0.2, 0) is 51.4 Å². The highest BCUT2D eigenvalue weighted by molar-refractivity contribution is 7.72. The van der Waals surface area contributed by atoms with Gasteiger partial charge in [-0.2, -0.15) is 0 Å². The Morgan fingerprint density at radius 3 is 1.43 bits per heavy atom. The van der Waals surface area contributed by atoms with E-state index in [4.69, 9.17) is 18.5 Å². The number of phosphoric ester groups is 1. The van der Waals surface area contributed by atoms with Gasteiger partial charge in [0.1, 0.15) is 6.61 Å². The summed E-state index contributed by atoms with van der Waals surface area (Å²) in [5.41, 5.74) is 0. The summed E-state index contributed by atoms with van der Waals surface area (Å²) in [6.07, 6.45) is 31.5. The molecule has 412 valence electrons. The molecule has 0 aromatic heterocycles. The molecule has 2 amide bonds. The lowest BCUT2D eigenvalue weighted by atomic mass is 10.0. The van der Waals surface area contributed by atoms with E-state index < -0.39 is 77.6 Å². The van der Waals surface area contributed by atoms with Crippen molar-refractivity contribution < 1.29 is 81.0 Å². The van der Waals surface area contributed by atoms with E-state index in [1.165, 1.54) is 122 Å². The number of phosphoric acid groups is 1. The number of esters is 2. The van der Waals surface area contributed by atoms with Gasteiger partial charge in [-0.05, 0) is 38.2 Å². The number of ether oxygens (including phenoxy) is 2. The minimum absolute atomic E-state index is 0.0347.